The zero-order valence-corrected chi connectivity index (χ0v) is 17.2. The molecule has 0 saturated carbocycles. The van der Waals surface area contributed by atoms with Crippen molar-refractivity contribution in [2.45, 2.75) is 12.8 Å². The van der Waals surface area contributed by atoms with Crippen LogP contribution < -0.4 is 16.7 Å². The van der Waals surface area contributed by atoms with Crippen molar-refractivity contribution in [3.63, 3.8) is 0 Å². The molecule has 0 spiro atoms. The van der Waals surface area contributed by atoms with Gasteiger partial charge >= 0.3 is 5.69 Å². The van der Waals surface area contributed by atoms with E-state index in [1.807, 2.05) is 0 Å². The van der Waals surface area contributed by atoms with E-state index in [1.165, 1.54) is 30.0 Å². The molecule has 0 aliphatic heterocycles. The summed E-state index contributed by atoms with van der Waals surface area (Å²) in [6.07, 6.45) is 1.56. The molecule has 13 heteroatoms. The maximum absolute atomic E-state index is 12.0. The fourth-order valence-corrected chi connectivity index (χ4v) is 3.05. The van der Waals surface area contributed by atoms with Crippen LogP contribution >= 0.6 is 0 Å². The quantitative estimate of drug-likeness (QED) is 0.214. The molecule has 0 saturated heterocycles. The van der Waals surface area contributed by atoms with E-state index in [1.54, 1.807) is 24.3 Å². The Bertz CT molecular complexity index is 1490. The molecule has 168 valence electrons. The summed E-state index contributed by atoms with van der Waals surface area (Å²) in [7, 11) is 1.48. The third-order valence-electron chi connectivity index (χ3n) is 4.76. The number of nitrogens with one attached hydrogen (secondary N) is 3. The van der Waals surface area contributed by atoms with Gasteiger partial charge in [-0.2, -0.15) is 5.10 Å². The van der Waals surface area contributed by atoms with E-state index in [9.17, 15) is 24.5 Å². The number of nitrogens with zero attached hydrogens (tertiary/aromatic N) is 4. The number of nitro benzene ring substituents is 1. The van der Waals surface area contributed by atoms with Gasteiger partial charge in [0.2, 0.25) is 5.91 Å². The molecule has 3 heterocycles. The van der Waals surface area contributed by atoms with Crippen LogP contribution in [0, 0.1) is 10.1 Å². The van der Waals surface area contributed by atoms with E-state index < -0.39 is 22.1 Å². The Kier molecular flexibility index (Phi) is 5.67. The topological polar surface area (TPSA) is 181 Å². The standard InChI is InChI=1S/C20H17N7O6/c1-26-18-17(19(29)24-20(26)30)22-15(23-18)8-9-16(28)25-21-10-13-6-7-14(33-13)11-2-4-12(5-3-11)27(31)32/h2-7,10H,8-9H2,1H3,(H,22,23)(H,25,28)(H,24,29,30). The minimum atomic E-state index is -0.577. The summed E-state index contributed by atoms with van der Waals surface area (Å²) in [4.78, 5) is 54.9. The van der Waals surface area contributed by atoms with Crippen LogP contribution in [0.1, 0.15) is 18.0 Å². The van der Waals surface area contributed by atoms with E-state index in [0.29, 0.717) is 22.9 Å². The normalized spacial score (nSPS) is 11.3. The zero-order chi connectivity index (χ0) is 23.5. The average molecular weight is 451 g/mol. The lowest BCUT2D eigenvalue weighted by atomic mass is 10.1. The number of H-pyrrole nitrogens is 2. The Labute approximate surface area is 183 Å². The highest BCUT2D eigenvalue weighted by Gasteiger charge is 2.12. The molecule has 0 atom stereocenters. The minimum Gasteiger partial charge on any atom is -0.455 e. The SMILES string of the molecule is Cn1c(=O)[nH]c(=O)c2[nH]c(CCC(=O)NN=Cc3ccc(-c4ccc([N+](=O)[O-])cc4)o3)nc21. The molecule has 3 aromatic heterocycles. The molecular weight excluding hydrogens is 434 g/mol. The van der Waals surface area contributed by atoms with Crippen LogP contribution in [0.3, 0.4) is 0 Å². The molecule has 1 aromatic carbocycles. The highest BCUT2D eigenvalue weighted by molar-refractivity contribution is 5.81. The Hall–Kier alpha value is -4.81. The molecule has 3 N–H and O–H groups in total. The second kappa shape index (κ2) is 8.74. The van der Waals surface area contributed by atoms with Crippen LogP contribution in [0.2, 0.25) is 0 Å². The molecule has 0 unspecified atom stereocenters. The first-order valence-corrected chi connectivity index (χ1v) is 9.66. The average Bonchev–Trinajstić information content (AvgIpc) is 3.44. The number of aromatic amines is 2. The van der Waals surface area contributed by atoms with Gasteiger partial charge in [-0.25, -0.2) is 15.2 Å². The molecular formula is C20H17N7O6. The zero-order valence-electron chi connectivity index (χ0n) is 17.2. The van der Waals surface area contributed by atoms with Crippen molar-refractivity contribution in [1.29, 1.82) is 0 Å². The number of rotatable bonds is 7. The number of amides is 1. The number of furan rings is 1. The second-order valence-corrected chi connectivity index (χ2v) is 7.00. The molecule has 0 aliphatic rings. The van der Waals surface area contributed by atoms with Crippen LogP contribution in [-0.4, -0.2) is 36.6 Å². The van der Waals surface area contributed by atoms with Gasteiger partial charge in [0, 0.05) is 37.6 Å². The number of aromatic nitrogens is 4. The number of carbonyl (C=O) groups excluding carboxylic acids is 1. The number of carbonyl (C=O) groups is 1. The van der Waals surface area contributed by atoms with Gasteiger partial charge in [-0.3, -0.25) is 29.3 Å². The van der Waals surface area contributed by atoms with Gasteiger partial charge in [0.15, 0.2) is 5.65 Å². The van der Waals surface area contributed by atoms with Gasteiger partial charge in [0.25, 0.3) is 11.2 Å². The van der Waals surface area contributed by atoms with Crippen molar-refractivity contribution in [3.05, 3.63) is 78.9 Å². The summed E-state index contributed by atoms with van der Waals surface area (Å²) in [5.41, 5.74) is 2.22. The lowest BCUT2D eigenvalue weighted by Gasteiger charge is -1.98. The van der Waals surface area contributed by atoms with E-state index in [2.05, 4.69) is 25.5 Å². The Balaban J connectivity index is 1.33. The number of benzene rings is 1. The van der Waals surface area contributed by atoms with E-state index in [4.69, 9.17) is 4.42 Å². The van der Waals surface area contributed by atoms with Gasteiger partial charge < -0.3 is 9.40 Å². The van der Waals surface area contributed by atoms with E-state index in [0.717, 1.165) is 0 Å². The number of nitro groups is 1. The number of fused-ring (bicyclic) bond motifs is 1. The second-order valence-electron chi connectivity index (χ2n) is 7.00. The summed E-state index contributed by atoms with van der Waals surface area (Å²) in [6.45, 7) is 0. The molecule has 0 bridgehead atoms. The van der Waals surface area contributed by atoms with Gasteiger partial charge in [0.1, 0.15) is 22.9 Å². The predicted molar refractivity (Wildman–Crippen MR) is 117 cm³/mol. The first-order valence-electron chi connectivity index (χ1n) is 9.66. The predicted octanol–water partition coefficient (Wildman–Crippen LogP) is 1.20. The number of hydrazone groups is 1. The highest BCUT2D eigenvalue weighted by Crippen LogP contribution is 2.24. The Morgan fingerprint density at radius 3 is 2.73 bits per heavy atom. The van der Waals surface area contributed by atoms with Gasteiger partial charge in [-0.05, 0) is 24.3 Å². The first-order chi connectivity index (χ1) is 15.8. The summed E-state index contributed by atoms with van der Waals surface area (Å²) in [6, 6.07) is 9.23. The fourth-order valence-electron chi connectivity index (χ4n) is 3.05. The summed E-state index contributed by atoms with van der Waals surface area (Å²) in [5, 5.41) is 14.6. The molecule has 0 aliphatic carbocycles. The maximum atomic E-state index is 12.0. The maximum Gasteiger partial charge on any atom is 0.329 e. The lowest BCUT2D eigenvalue weighted by molar-refractivity contribution is -0.384. The van der Waals surface area contributed by atoms with Crippen LogP contribution in [0.15, 0.2) is 55.5 Å². The fraction of sp³-hybridized carbons (Fsp3) is 0.150. The first kappa shape index (κ1) is 21.4. The number of imidazole rings is 1. The molecule has 0 fully saturated rings. The van der Waals surface area contributed by atoms with Crippen LogP contribution in [0.25, 0.3) is 22.5 Å². The third-order valence-corrected chi connectivity index (χ3v) is 4.76. The molecule has 0 radical (unpaired) electrons. The van der Waals surface area contributed by atoms with Crippen molar-refractivity contribution in [2.75, 3.05) is 0 Å². The number of hydrogen-bond acceptors (Lipinski definition) is 8. The third kappa shape index (κ3) is 4.61. The molecule has 33 heavy (non-hydrogen) atoms. The molecule has 1 amide bonds. The van der Waals surface area contributed by atoms with Crippen LogP contribution in [-0.2, 0) is 18.3 Å². The van der Waals surface area contributed by atoms with Crippen molar-refractivity contribution < 1.29 is 14.1 Å². The van der Waals surface area contributed by atoms with E-state index in [-0.39, 0.29) is 29.7 Å². The minimum absolute atomic E-state index is 0.0201. The largest absolute Gasteiger partial charge is 0.455 e. The molecule has 4 aromatic rings. The van der Waals surface area contributed by atoms with E-state index >= 15 is 0 Å². The van der Waals surface area contributed by atoms with Crippen LogP contribution in [0.4, 0.5) is 5.69 Å². The smallest absolute Gasteiger partial charge is 0.329 e. The molecule has 13 nitrogen and oxygen atoms in total. The summed E-state index contributed by atoms with van der Waals surface area (Å²) in [5.74, 6) is 0.860. The summed E-state index contributed by atoms with van der Waals surface area (Å²) < 4.78 is 6.80. The van der Waals surface area contributed by atoms with Gasteiger partial charge in [-0.15, -0.1) is 0 Å². The lowest BCUT2D eigenvalue weighted by Crippen LogP contribution is -2.28. The number of non-ortho nitro benzene ring substituents is 1. The Morgan fingerprint density at radius 2 is 2.00 bits per heavy atom. The Morgan fingerprint density at radius 1 is 1.24 bits per heavy atom. The van der Waals surface area contributed by atoms with Crippen molar-refractivity contribution in [3.8, 4) is 11.3 Å². The number of aryl methyl sites for hydroxylation is 2. The highest BCUT2D eigenvalue weighted by atomic mass is 16.6. The van der Waals surface area contributed by atoms with Crippen molar-refractivity contribution >= 4 is 29.0 Å². The van der Waals surface area contributed by atoms with Crippen molar-refractivity contribution in [1.82, 2.24) is 24.9 Å². The van der Waals surface area contributed by atoms with Gasteiger partial charge in [-0.1, -0.05) is 0 Å². The van der Waals surface area contributed by atoms with Gasteiger partial charge in [0.05, 0.1) is 11.1 Å². The molecule has 4 rings (SSSR count). The number of hydrogen-bond donors (Lipinski definition) is 3. The van der Waals surface area contributed by atoms with Crippen LogP contribution in [0.5, 0.6) is 0 Å². The van der Waals surface area contributed by atoms with Crippen molar-refractivity contribution in [2.24, 2.45) is 12.1 Å². The monoisotopic (exact) mass is 451 g/mol. The summed E-state index contributed by atoms with van der Waals surface area (Å²) >= 11 is 0.